The highest BCUT2D eigenvalue weighted by Crippen LogP contribution is 2.43. The van der Waals surface area contributed by atoms with Gasteiger partial charge in [-0.25, -0.2) is 0 Å². The lowest BCUT2D eigenvalue weighted by Gasteiger charge is -2.26. The van der Waals surface area contributed by atoms with Gasteiger partial charge in [0.15, 0.2) is 0 Å². The standard InChI is InChI=1S/C60H37NO2/c1-2-12-44-37-45(20-19-38(44)9-1)39-21-29-46(30-22-39)61(47-31-23-42(24-32-47)51-15-7-17-53-57-49-13-5-3-10-40(49)27-35-55(57)62-59(51)53)48-33-25-43(26-34-48)52-16-8-18-54-58-50-14-6-4-11-41(50)28-36-56(58)63-60(52)54/h1-37H. The van der Waals surface area contributed by atoms with Gasteiger partial charge >= 0.3 is 0 Å². The maximum Gasteiger partial charge on any atom is 0.143 e. The van der Waals surface area contributed by atoms with Gasteiger partial charge in [0, 0.05) is 49.7 Å². The van der Waals surface area contributed by atoms with Crippen LogP contribution in [0.3, 0.4) is 0 Å². The molecular formula is C60H37NO2. The van der Waals surface area contributed by atoms with E-state index in [0.29, 0.717) is 0 Å². The summed E-state index contributed by atoms with van der Waals surface area (Å²) < 4.78 is 13.3. The van der Waals surface area contributed by atoms with Gasteiger partial charge in [0.05, 0.1) is 0 Å². The first kappa shape index (κ1) is 35.4. The molecule has 0 aliphatic heterocycles. The molecule has 0 bridgehead atoms. The summed E-state index contributed by atoms with van der Waals surface area (Å²) in [6.45, 7) is 0. The summed E-state index contributed by atoms with van der Waals surface area (Å²) in [6, 6.07) is 80.4. The summed E-state index contributed by atoms with van der Waals surface area (Å²) in [5.74, 6) is 0. The Kier molecular flexibility index (Phi) is 7.91. The molecule has 0 unspecified atom stereocenters. The number of hydrogen-bond acceptors (Lipinski definition) is 3. The zero-order valence-electron chi connectivity index (χ0n) is 34.1. The van der Waals surface area contributed by atoms with Crippen LogP contribution in [0.15, 0.2) is 233 Å². The minimum absolute atomic E-state index is 0.902. The predicted molar refractivity (Wildman–Crippen MR) is 265 cm³/mol. The first-order valence-corrected chi connectivity index (χ1v) is 21.5. The molecular weight excluding hydrogens is 767 g/mol. The van der Waals surface area contributed by atoms with Crippen LogP contribution in [-0.4, -0.2) is 0 Å². The van der Waals surface area contributed by atoms with Gasteiger partial charge in [-0.15, -0.1) is 0 Å². The highest BCUT2D eigenvalue weighted by Gasteiger charge is 2.19. The van der Waals surface area contributed by atoms with E-state index in [9.17, 15) is 0 Å². The highest BCUT2D eigenvalue weighted by molar-refractivity contribution is 6.22. The zero-order chi connectivity index (χ0) is 41.4. The zero-order valence-corrected chi connectivity index (χ0v) is 34.1. The second-order valence-corrected chi connectivity index (χ2v) is 16.4. The van der Waals surface area contributed by atoms with Crippen LogP contribution in [0.2, 0.25) is 0 Å². The molecule has 0 N–H and O–H groups in total. The Morgan fingerprint density at radius 3 is 1.17 bits per heavy atom. The fraction of sp³-hybridized carbons (Fsp3) is 0. The first-order valence-electron chi connectivity index (χ1n) is 21.5. The monoisotopic (exact) mass is 803 g/mol. The molecule has 0 atom stereocenters. The molecule has 294 valence electrons. The van der Waals surface area contributed by atoms with E-state index in [1.165, 1.54) is 43.4 Å². The summed E-state index contributed by atoms with van der Waals surface area (Å²) >= 11 is 0. The van der Waals surface area contributed by atoms with E-state index in [2.05, 4.69) is 229 Å². The minimum atomic E-state index is 0.902. The summed E-state index contributed by atoms with van der Waals surface area (Å²) in [4.78, 5) is 2.33. The second kappa shape index (κ2) is 14.1. The van der Waals surface area contributed by atoms with Gasteiger partial charge in [-0.1, -0.05) is 170 Å². The van der Waals surface area contributed by atoms with Gasteiger partial charge in [-0.2, -0.15) is 0 Å². The van der Waals surface area contributed by atoms with Crippen molar-refractivity contribution in [1.82, 2.24) is 0 Å². The van der Waals surface area contributed by atoms with Gasteiger partial charge in [0.2, 0.25) is 0 Å². The van der Waals surface area contributed by atoms with Gasteiger partial charge in [-0.05, 0) is 109 Å². The minimum Gasteiger partial charge on any atom is -0.455 e. The molecule has 2 aromatic heterocycles. The van der Waals surface area contributed by atoms with Crippen LogP contribution >= 0.6 is 0 Å². The van der Waals surface area contributed by atoms with Crippen molar-refractivity contribution >= 4 is 93.3 Å². The smallest absolute Gasteiger partial charge is 0.143 e. The van der Waals surface area contributed by atoms with Gasteiger partial charge < -0.3 is 13.7 Å². The lowest BCUT2D eigenvalue weighted by molar-refractivity contribution is 0.670. The number of rotatable bonds is 6. The van der Waals surface area contributed by atoms with E-state index >= 15 is 0 Å². The molecule has 0 saturated carbocycles. The van der Waals surface area contributed by atoms with E-state index in [1.54, 1.807) is 0 Å². The number of anilines is 3. The van der Waals surface area contributed by atoms with Crippen molar-refractivity contribution in [3.8, 4) is 33.4 Å². The summed E-state index contributed by atoms with van der Waals surface area (Å²) in [5, 5.41) is 11.9. The Hall–Kier alpha value is -8.40. The molecule has 63 heavy (non-hydrogen) atoms. The number of nitrogens with zero attached hydrogens (tertiary/aromatic N) is 1. The number of furan rings is 2. The van der Waals surface area contributed by atoms with Crippen LogP contribution in [-0.2, 0) is 0 Å². The van der Waals surface area contributed by atoms with Crippen molar-refractivity contribution < 1.29 is 8.83 Å². The fourth-order valence-electron chi connectivity index (χ4n) is 9.79. The van der Waals surface area contributed by atoms with E-state index < -0.39 is 0 Å². The van der Waals surface area contributed by atoms with Crippen LogP contribution in [0.4, 0.5) is 17.1 Å². The van der Waals surface area contributed by atoms with Crippen LogP contribution in [0.1, 0.15) is 0 Å². The molecule has 3 nitrogen and oxygen atoms in total. The SMILES string of the molecule is c1ccc2cc(-c3ccc(N(c4ccc(-c5cccc6c5oc5ccc7ccccc7c56)cc4)c4ccc(-c5cccc6c5oc5ccc7ccccc7c56)cc4)cc3)ccc2c1. The molecule has 13 aromatic rings. The fourth-order valence-corrected chi connectivity index (χ4v) is 9.79. The molecule has 0 aliphatic carbocycles. The molecule has 0 aliphatic rings. The molecule has 0 amide bonds. The molecule has 0 saturated heterocycles. The molecule has 0 radical (unpaired) electrons. The van der Waals surface area contributed by atoms with Crippen molar-refractivity contribution in [3.05, 3.63) is 224 Å². The second-order valence-electron chi connectivity index (χ2n) is 16.4. The van der Waals surface area contributed by atoms with Crippen LogP contribution in [0, 0.1) is 0 Å². The lowest BCUT2D eigenvalue weighted by Crippen LogP contribution is -2.09. The lowest BCUT2D eigenvalue weighted by atomic mass is 9.99. The van der Waals surface area contributed by atoms with Crippen LogP contribution in [0.25, 0.3) is 110 Å². The number of para-hydroxylation sites is 2. The molecule has 11 aromatic carbocycles. The van der Waals surface area contributed by atoms with Crippen molar-refractivity contribution in [3.63, 3.8) is 0 Å². The van der Waals surface area contributed by atoms with E-state index in [1.807, 2.05) is 0 Å². The normalized spacial score (nSPS) is 11.8. The Balaban J connectivity index is 0.907. The summed E-state index contributed by atoms with van der Waals surface area (Å²) in [5.41, 5.74) is 13.5. The average Bonchev–Trinajstić information content (AvgIpc) is 3.94. The first-order chi connectivity index (χ1) is 31.2. The molecule has 13 rings (SSSR count). The maximum atomic E-state index is 6.63. The summed E-state index contributed by atoms with van der Waals surface area (Å²) in [7, 11) is 0. The van der Waals surface area contributed by atoms with E-state index in [-0.39, 0.29) is 0 Å². The van der Waals surface area contributed by atoms with Crippen molar-refractivity contribution in [2.45, 2.75) is 0 Å². The quantitative estimate of drug-likeness (QED) is 0.168. The topological polar surface area (TPSA) is 29.5 Å². The van der Waals surface area contributed by atoms with Crippen LogP contribution < -0.4 is 4.90 Å². The van der Waals surface area contributed by atoms with Crippen molar-refractivity contribution in [2.75, 3.05) is 4.90 Å². The Morgan fingerprint density at radius 2 is 0.667 bits per heavy atom. The van der Waals surface area contributed by atoms with Crippen molar-refractivity contribution in [2.24, 2.45) is 0 Å². The third kappa shape index (κ3) is 5.75. The number of fused-ring (bicyclic) bond motifs is 11. The predicted octanol–water partition coefficient (Wildman–Crippen LogP) is 17.4. The highest BCUT2D eigenvalue weighted by atomic mass is 16.3. The largest absolute Gasteiger partial charge is 0.455 e. The third-order valence-electron chi connectivity index (χ3n) is 12.9. The number of benzene rings is 11. The van der Waals surface area contributed by atoms with Gasteiger partial charge in [0.1, 0.15) is 22.3 Å². The molecule has 3 heteroatoms. The van der Waals surface area contributed by atoms with Gasteiger partial charge in [-0.3, -0.25) is 0 Å². The molecule has 2 heterocycles. The van der Waals surface area contributed by atoms with Crippen molar-refractivity contribution in [1.29, 1.82) is 0 Å². The third-order valence-corrected chi connectivity index (χ3v) is 12.9. The van der Waals surface area contributed by atoms with E-state index in [4.69, 9.17) is 8.83 Å². The summed E-state index contributed by atoms with van der Waals surface area (Å²) in [6.07, 6.45) is 0. The maximum absolute atomic E-state index is 6.63. The molecule has 0 fully saturated rings. The van der Waals surface area contributed by atoms with E-state index in [0.717, 1.165) is 83.2 Å². The Morgan fingerprint density at radius 1 is 0.270 bits per heavy atom. The Labute approximate surface area is 363 Å². The number of hydrogen-bond donors (Lipinski definition) is 0. The van der Waals surface area contributed by atoms with Gasteiger partial charge in [0.25, 0.3) is 0 Å². The Bertz CT molecular complexity index is 3700. The molecule has 0 spiro atoms. The van der Waals surface area contributed by atoms with Crippen LogP contribution in [0.5, 0.6) is 0 Å². The average molecular weight is 804 g/mol.